The van der Waals surface area contributed by atoms with E-state index in [9.17, 15) is 18.5 Å². The fraction of sp³-hybridized carbons (Fsp3) is 0.353. The first kappa shape index (κ1) is 20.6. The summed E-state index contributed by atoms with van der Waals surface area (Å²) >= 11 is 0. The zero-order valence-electron chi connectivity index (χ0n) is 15.6. The molecule has 0 fully saturated rings. The number of nitrogens with one attached hydrogen (secondary N) is 1. The Morgan fingerprint density at radius 3 is 2.56 bits per heavy atom. The van der Waals surface area contributed by atoms with E-state index in [0.717, 1.165) is 29.6 Å². The maximum atomic E-state index is 11.4. The number of benzene rings is 1. The van der Waals surface area contributed by atoms with Gasteiger partial charge >= 0.3 is 0 Å². The monoisotopic (exact) mass is 393 g/mol. The third kappa shape index (κ3) is 4.92. The molecule has 0 radical (unpaired) electrons. The summed E-state index contributed by atoms with van der Waals surface area (Å²) in [6, 6.07) is 5.34. The molecule has 0 amide bonds. The van der Waals surface area contributed by atoms with E-state index in [1.165, 1.54) is 12.1 Å². The molecule has 0 bridgehead atoms. The summed E-state index contributed by atoms with van der Waals surface area (Å²) in [5.74, 6) is 0.498. The van der Waals surface area contributed by atoms with Gasteiger partial charge in [0, 0.05) is 29.6 Å². The van der Waals surface area contributed by atoms with Gasteiger partial charge in [-0.05, 0) is 38.0 Å². The lowest BCUT2D eigenvalue weighted by atomic mass is 10.2. The molecule has 0 atom stereocenters. The van der Waals surface area contributed by atoms with Crippen LogP contribution in [0.5, 0.6) is 0 Å². The topological polar surface area (TPSA) is 133 Å². The molecule has 0 saturated heterocycles. The number of sulfonamides is 1. The van der Waals surface area contributed by atoms with Crippen LogP contribution in [0.15, 0.2) is 34.3 Å². The minimum Gasteiger partial charge on any atom is -0.348 e. The molecule has 1 heterocycles. The summed E-state index contributed by atoms with van der Waals surface area (Å²) in [5.41, 5.74) is 5.29. The van der Waals surface area contributed by atoms with Crippen LogP contribution in [0.1, 0.15) is 30.8 Å². The molecule has 3 N–H and O–H groups in total. The smallest absolute Gasteiger partial charge is 0.295 e. The molecule has 2 rings (SSSR count). The summed E-state index contributed by atoms with van der Waals surface area (Å²) in [7, 11) is -4.03. The third-order valence-electron chi connectivity index (χ3n) is 4.04. The second-order valence-corrected chi connectivity index (χ2v) is 8.24. The lowest BCUT2D eigenvalue weighted by Crippen LogP contribution is -2.12. The van der Waals surface area contributed by atoms with Crippen molar-refractivity contribution in [2.75, 3.05) is 5.43 Å². The Labute approximate surface area is 158 Å². The number of anilines is 1. The van der Waals surface area contributed by atoms with Gasteiger partial charge < -0.3 is 4.57 Å². The van der Waals surface area contributed by atoms with Crippen LogP contribution in [0, 0.1) is 29.9 Å². The molecule has 0 aliphatic heterocycles. The number of nitro groups is 1. The predicted octanol–water partition coefficient (Wildman–Crippen LogP) is 2.76. The van der Waals surface area contributed by atoms with E-state index in [2.05, 4.69) is 28.9 Å². The molecule has 1 aromatic carbocycles. The Balaban J connectivity index is 2.28. The number of hydrazone groups is 1. The maximum Gasteiger partial charge on any atom is 0.295 e. The first-order chi connectivity index (χ1) is 12.5. The molecule has 27 heavy (non-hydrogen) atoms. The van der Waals surface area contributed by atoms with E-state index in [1.807, 2.05) is 19.9 Å². The number of hydrogen-bond donors (Lipinski definition) is 2. The number of nitrogens with two attached hydrogens (primary N) is 1. The Morgan fingerprint density at radius 2 is 2.00 bits per heavy atom. The van der Waals surface area contributed by atoms with Gasteiger partial charge in [0.05, 0.1) is 16.0 Å². The average Bonchev–Trinajstić information content (AvgIpc) is 2.81. The molecule has 0 unspecified atom stereocenters. The molecule has 0 spiro atoms. The lowest BCUT2D eigenvalue weighted by Gasteiger charge is -2.11. The second kappa shape index (κ2) is 7.89. The van der Waals surface area contributed by atoms with Crippen molar-refractivity contribution in [3.63, 3.8) is 0 Å². The van der Waals surface area contributed by atoms with E-state index in [1.54, 1.807) is 6.21 Å². The minimum atomic E-state index is -4.03. The molecule has 10 heteroatoms. The summed E-state index contributed by atoms with van der Waals surface area (Å²) in [4.78, 5) is 10.2. The maximum absolute atomic E-state index is 11.4. The Hall–Kier alpha value is -2.72. The van der Waals surface area contributed by atoms with Crippen LogP contribution in [0.3, 0.4) is 0 Å². The highest BCUT2D eigenvalue weighted by molar-refractivity contribution is 7.89. The summed E-state index contributed by atoms with van der Waals surface area (Å²) in [6.07, 6.45) is 1.58. The first-order valence-corrected chi connectivity index (χ1v) is 9.82. The normalized spacial score (nSPS) is 12.1. The van der Waals surface area contributed by atoms with Crippen LogP contribution < -0.4 is 10.6 Å². The van der Waals surface area contributed by atoms with Gasteiger partial charge in [-0.2, -0.15) is 5.10 Å². The largest absolute Gasteiger partial charge is 0.348 e. The van der Waals surface area contributed by atoms with Crippen molar-refractivity contribution in [2.24, 2.45) is 16.2 Å². The zero-order valence-corrected chi connectivity index (χ0v) is 16.4. The summed E-state index contributed by atoms with van der Waals surface area (Å²) in [6.45, 7) is 9.16. The van der Waals surface area contributed by atoms with Crippen molar-refractivity contribution in [2.45, 2.75) is 39.1 Å². The van der Waals surface area contributed by atoms with Gasteiger partial charge in [0.25, 0.3) is 5.69 Å². The number of aromatic nitrogens is 1. The summed E-state index contributed by atoms with van der Waals surface area (Å²) in [5, 5.41) is 20.3. The van der Waals surface area contributed by atoms with E-state index in [-0.39, 0.29) is 10.6 Å². The van der Waals surface area contributed by atoms with E-state index in [0.29, 0.717) is 5.92 Å². The predicted molar refractivity (Wildman–Crippen MR) is 104 cm³/mol. The average molecular weight is 393 g/mol. The highest BCUT2D eigenvalue weighted by atomic mass is 32.2. The minimum absolute atomic E-state index is 0.0691. The number of rotatable bonds is 7. The van der Waals surface area contributed by atoms with Gasteiger partial charge in [0.15, 0.2) is 0 Å². The lowest BCUT2D eigenvalue weighted by molar-refractivity contribution is -0.384. The number of primary sulfonamides is 1. The molecule has 1 aromatic heterocycles. The van der Waals surface area contributed by atoms with Crippen molar-refractivity contribution >= 4 is 27.6 Å². The number of nitro benzene ring substituents is 1. The van der Waals surface area contributed by atoms with Gasteiger partial charge in [-0.1, -0.05) is 13.8 Å². The fourth-order valence-corrected chi connectivity index (χ4v) is 3.24. The number of hydrogen-bond acceptors (Lipinski definition) is 6. The molecule has 0 aliphatic carbocycles. The second-order valence-electron chi connectivity index (χ2n) is 6.68. The van der Waals surface area contributed by atoms with Crippen molar-refractivity contribution in [3.05, 3.63) is 51.3 Å². The van der Waals surface area contributed by atoms with Crippen molar-refractivity contribution in [3.8, 4) is 0 Å². The standard InChI is InChI=1S/C17H23N5O4S/c1-11(2)10-21-12(3)7-14(13(21)4)9-19-20-16-6-5-15(27(18,25)26)8-17(16)22(23)24/h5-9,11,20H,10H2,1-4H3,(H2,18,25,26)/b19-9-. The Bertz CT molecular complexity index is 993. The molecule has 9 nitrogen and oxygen atoms in total. The zero-order chi connectivity index (χ0) is 20.4. The van der Waals surface area contributed by atoms with Crippen molar-refractivity contribution in [1.29, 1.82) is 0 Å². The van der Waals surface area contributed by atoms with Gasteiger partial charge in [-0.3, -0.25) is 15.5 Å². The number of aryl methyl sites for hydroxylation is 1. The first-order valence-electron chi connectivity index (χ1n) is 8.27. The molecule has 146 valence electrons. The van der Waals surface area contributed by atoms with Gasteiger partial charge in [0.1, 0.15) is 5.69 Å². The quantitative estimate of drug-likeness (QED) is 0.424. The van der Waals surface area contributed by atoms with Crippen LogP contribution in [0.2, 0.25) is 0 Å². The Morgan fingerprint density at radius 1 is 1.33 bits per heavy atom. The summed E-state index contributed by atoms with van der Waals surface area (Å²) < 4.78 is 24.9. The molecular formula is C17H23N5O4S. The van der Waals surface area contributed by atoms with Crippen molar-refractivity contribution in [1.82, 2.24) is 4.57 Å². The van der Waals surface area contributed by atoms with E-state index >= 15 is 0 Å². The third-order valence-corrected chi connectivity index (χ3v) is 4.95. The molecule has 0 aliphatic rings. The molecular weight excluding hydrogens is 370 g/mol. The highest BCUT2D eigenvalue weighted by Crippen LogP contribution is 2.27. The Kier molecular flexibility index (Phi) is 6.01. The molecule has 2 aromatic rings. The van der Waals surface area contributed by atoms with Gasteiger partial charge in [-0.15, -0.1) is 0 Å². The van der Waals surface area contributed by atoms with Crippen LogP contribution in [-0.2, 0) is 16.6 Å². The van der Waals surface area contributed by atoms with Crippen LogP contribution in [-0.4, -0.2) is 24.1 Å². The van der Waals surface area contributed by atoms with Crippen molar-refractivity contribution < 1.29 is 13.3 Å². The fourth-order valence-electron chi connectivity index (χ4n) is 2.71. The van der Waals surface area contributed by atoms with Crippen LogP contribution in [0.4, 0.5) is 11.4 Å². The van der Waals surface area contributed by atoms with E-state index in [4.69, 9.17) is 5.14 Å². The highest BCUT2D eigenvalue weighted by Gasteiger charge is 2.19. The van der Waals surface area contributed by atoms with E-state index < -0.39 is 20.6 Å². The molecule has 0 saturated carbocycles. The van der Waals surface area contributed by atoms with Crippen LogP contribution >= 0.6 is 0 Å². The van der Waals surface area contributed by atoms with Crippen LogP contribution in [0.25, 0.3) is 0 Å². The SMILES string of the molecule is Cc1cc(/C=N\Nc2ccc(S(N)(=O)=O)cc2[N+](=O)[O-])c(C)n1CC(C)C. The van der Waals surface area contributed by atoms with Gasteiger partial charge in [-0.25, -0.2) is 13.6 Å². The number of nitrogens with zero attached hydrogens (tertiary/aromatic N) is 3. The van der Waals surface area contributed by atoms with Gasteiger partial charge in [0.2, 0.25) is 10.0 Å².